The number of thiazole rings is 1. The van der Waals surface area contributed by atoms with Crippen molar-refractivity contribution in [1.29, 1.82) is 0 Å². The summed E-state index contributed by atoms with van der Waals surface area (Å²) < 4.78 is 28.4. The summed E-state index contributed by atoms with van der Waals surface area (Å²) in [4.78, 5) is 18.0. The summed E-state index contributed by atoms with van der Waals surface area (Å²) in [5.41, 5.74) is 7.31. The van der Waals surface area contributed by atoms with Crippen LogP contribution in [0.15, 0.2) is 77.0 Å². The molecule has 0 amide bonds. The van der Waals surface area contributed by atoms with E-state index in [4.69, 9.17) is 10.2 Å². The third kappa shape index (κ3) is 6.15. The van der Waals surface area contributed by atoms with Gasteiger partial charge in [-0.15, -0.1) is 16.5 Å². The van der Waals surface area contributed by atoms with Crippen LogP contribution in [0.25, 0.3) is 27.5 Å². The average molecular weight is 617 g/mol. The molecule has 6 rings (SSSR count). The molecule has 1 aliphatic rings. The molecule has 3 aromatic carbocycles. The molecule has 0 saturated heterocycles. The monoisotopic (exact) mass is 616 g/mol. The zero-order chi connectivity index (χ0) is 30.2. The molecule has 5 aromatic rings. The van der Waals surface area contributed by atoms with E-state index in [2.05, 4.69) is 46.3 Å². The molecule has 8 nitrogen and oxygen atoms in total. The molecule has 1 aliphatic carbocycles. The molecule has 220 valence electrons. The normalized spacial score (nSPS) is 13.7. The number of aromatic nitrogens is 3. The first-order valence-corrected chi connectivity index (χ1v) is 16.1. The number of hydrogen-bond acceptors (Lipinski definition) is 6. The van der Waals surface area contributed by atoms with Crippen LogP contribution in [0.1, 0.15) is 40.2 Å². The predicted molar refractivity (Wildman–Crippen MR) is 169 cm³/mol. The minimum Gasteiger partial charge on any atom is -0.476 e. The lowest BCUT2D eigenvalue weighted by Gasteiger charge is -2.13. The average Bonchev–Trinajstić information content (AvgIpc) is 3.55. The molecule has 1 atom stereocenters. The van der Waals surface area contributed by atoms with Crippen LogP contribution < -0.4 is 10.0 Å². The van der Waals surface area contributed by atoms with Crippen LogP contribution in [0.2, 0.25) is 0 Å². The van der Waals surface area contributed by atoms with Crippen molar-refractivity contribution in [1.82, 2.24) is 14.8 Å². The van der Waals surface area contributed by atoms with Crippen LogP contribution in [0, 0.1) is 11.7 Å². The number of carboxylic acids is 1. The summed E-state index contributed by atoms with van der Waals surface area (Å²) in [6, 6.07) is 21.1. The Balaban J connectivity index is 1.50. The third-order valence-electron chi connectivity index (χ3n) is 7.64. The second kappa shape index (κ2) is 11.8. The maximum absolute atomic E-state index is 14.9. The van der Waals surface area contributed by atoms with Crippen molar-refractivity contribution in [3.63, 3.8) is 0 Å². The van der Waals surface area contributed by atoms with E-state index in [0.29, 0.717) is 23.0 Å². The fraction of sp³-hybridized carbons (Fsp3) is 0.219. The van der Waals surface area contributed by atoms with E-state index in [9.17, 15) is 18.5 Å². The lowest BCUT2D eigenvalue weighted by molar-refractivity contribution is 0.0691. The van der Waals surface area contributed by atoms with Gasteiger partial charge in [0.15, 0.2) is 22.5 Å². The molecule has 2 heterocycles. The van der Waals surface area contributed by atoms with Crippen molar-refractivity contribution in [2.45, 2.75) is 30.6 Å². The Labute approximate surface area is 255 Å². The van der Waals surface area contributed by atoms with E-state index in [1.54, 1.807) is 10.7 Å². The van der Waals surface area contributed by atoms with Crippen molar-refractivity contribution in [2.75, 3.05) is 19.0 Å². The number of nitrogens with zero attached hydrogens (tertiary/aromatic N) is 4. The largest absolute Gasteiger partial charge is 0.476 e. The van der Waals surface area contributed by atoms with E-state index in [1.165, 1.54) is 28.8 Å². The molecule has 0 bridgehead atoms. The summed E-state index contributed by atoms with van der Waals surface area (Å²) in [7, 11) is 1.71. The van der Waals surface area contributed by atoms with Gasteiger partial charge in [0.2, 0.25) is 10.0 Å². The molecule has 11 heteroatoms. The summed E-state index contributed by atoms with van der Waals surface area (Å²) >= 11 is 1.23. The highest BCUT2D eigenvalue weighted by Crippen LogP contribution is 2.39. The highest BCUT2D eigenvalue weighted by atomic mass is 32.2. The van der Waals surface area contributed by atoms with E-state index in [-0.39, 0.29) is 10.6 Å². The second-order valence-corrected chi connectivity index (χ2v) is 12.9. The Morgan fingerprint density at radius 1 is 1.09 bits per heavy atom. The molecule has 2 aromatic heterocycles. The lowest BCUT2D eigenvalue weighted by Crippen LogP contribution is -2.07. The number of halogens is 1. The summed E-state index contributed by atoms with van der Waals surface area (Å²) in [6.45, 7) is 0. The van der Waals surface area contributed by atoms with Gasteiger partial charge in [-0.3, -0.25) is 0 Å². The molecule has 0 spiro atoms. The number of thiol groups is 1. The van der Waals surface area contributed by atoms with Crippen LogP contribution in [0.4, 0.5) is 10.1 Å². The Morgan fingerprint density at radius 2 is 1.84 bits per heavy atom. The molecular formula is C32H31FN5O3S2+. The summed E-state index contributed by atoms with van der Waals surface area (Å²) in [5.74, 6) is -1.21. The Hall–Kier alpha value is -4.19. The molecule has 1 unspecified atom stereocenters. The van der Waals surface area contributed by atoms with Gasteiger partial charge in [-0.1, -0.05) is 40.6 Å². The fourth-order valence-corrected chi connectivity index (χ4v) is 6.44. The Kier molecular flexibility index (Phi) is 7.95. The minimum absolute atomic E-state index is 0.00940. The number of anilines is 1. The fourth-order valence-electron chi connectivity index (χ4n) is 5.17. The minimum atomic E-state index is -2.30. The van der Waals surface area contributed by atoms with E-state index >= 15 is 0 Å². The smallest absolute Gasteiger partial charge is 0.355 e. The number of carboxylic acid groups (broad SMARTS) is 1. The number of aromatic carboxylic acids is 1. The van der Waals surface area contributed by atoms with Crippen LogP contribution in [-0.4, -0.2) is 39.9 Å². The highest BCUT2D eigenvalue weighted by Gasteiger charge is 2.29. The van der Waals surface area contributed by atoms with Crippen molar-refractivity contribution in [2.24, 2.45) is 11.1 Å². The van der Waals surface area contributed by atoms with Gasteiger partial charge in [0.1, 0.15) is 0 Å². The van der Waals surface area contributed by atoms with Crippen molar-refractivity contribution in [3.05, 3.63) is 100 Å². The molecular weight excluding hydrogens is 586 g/mol. The van der Waals surface area contributed by atoms with Gasteiger partial charge < -0.3 is 10.0 Å². The van der Waals surface area contributed by atoms with E-state index < -0.39 is 22.8 Å². The third-order valence-corrected chi connectivity index (χ3v) is 9.30. The van der Waals surface area contributed by atoms with Crippen LogP contribution in [0.3, 0.4) is 0 Å². The molecule has 0 radical (unpaired) electrons. The second-order valence-electron chi connectivity index (χ2n) is 11.0. The zero-order valence-corrected chi connectivity index (χ0v) is 25.4. The highest BCUT2D eigenvalue weighted by molar-refractivity contribution is 7.82. The molecule has 1 fully saturated rings. The van der Waals surface area contributed by atoms with Gasteiger partial charge in [0.25, 0.3) is 0 Å². The number of benzene rings is 3. The molecule has 1 saturated carbocycles. The van der Waals surface area contributed by atoms with Gasteiger partial charge in [0, 0.05) is 42.7 Å². The summed E-state index contributed by atoms with van der Waals surface area (Å²) in [5, 5.41) is 22.0. The maximum atomic E-state index is 14.9. The first kappa shape index (κ1) is 28.9. The molecule has 3 N–H and O–H groups in total. The quantitative estimate of drug-likeness (QED) is 0.146. The van der Waals surface area contributed by atoms with Gasteiger partial charge in [-0.05, 0) is 72.2 Å². The standard InChI is InChI=1S/C32H30FN5O3S2/c1-37(2)24-11-9-21(10-12-24)22-4-3-5-23(17-22)30-25(14-20-8-13-29(43(34)41)26(33)15-20)28(16-19-6-7-19)38(36-30)32-35-27(18-42-32)31(39)40/h3-5,8-13,15,17-19H,6-7,14,16H2,1-2H3,(H2,34,41)(H,39,40)/p+1. The maximum Gasteiger partial charge on any atom is 0.355 e. The van der Waals surface area contributed by atoms with Crippen molar-refractivity contribution in [3.8, 4) is 27.5 Å². The lowest BCUT2D eigenvalue weighted by atomic mass is 9.95. The SMILES string of the molecule is CN(C)c1ccc(-c2cccc(-c3nn(-c4nc(C(=O)O)cs4)c(CC4CC4)c3Cc3ccc([SH+](N)=O)c(F)c3)c2)cc1. The van der Waals surface area contributed by atoms with Crippen molar-refractivity contribution < 1.29 is 18.5 Å². The zero-order valence-electron chi connectivity index (χ0n) is 23.7. The number of carbonyl (C=O) groups is 1. The number of nitrogens with two attached hydrogens (primary N) is 1. The first-order chi connectivity index (χ1) is 20.7. The number of rotatable bonds is 10. The Bertz CT molecular complexity index is 1840. The predicted octanol–water partition coefficient (Wildman–Crippen LogP) is 6.04. The van der Waals surface area contributed by atoms with Crippen molar-refractivity contribution >= 4 is 34.0 Å². The van der Waals surface area contributed by atoms with Gasteiger partial charge >= 0.3 is 5.97 Å². The van der Waals surface area contributed by atoms with Gasteiger partial charge in [0.05, 0.1) is 11.4 Å². The molecule has 43 heavy (non-hydrogen) atoms. The van der Waals surface area contributed by atoms with E-state index in [0.717, 1.165) is 58.6 Å². The van der Waals surface area contributed by atoms with Gasteiger partial charge in [-0.2, -0.15) is 5.10 Å². The van der Waals surface area contributed by atoms with Gasteiger partial charge in [-0.25, -0.2) is 18.9 Å². The topological polar surface area (TPSA) is 114 Å². The first-order valence-electron chi connectivity index (χ1n) is 13.9. The van der Waals surface area contributed by atoms with Crippen LogP contribution in [-0.2, 0) is 28.0 Å². The van der Waals surface area contributed by atoms with Crippen LogP contribution >= 0.6 is 11.3 Å². The van der Waals surface area contributed by atoms with Crippen LogP contribution in [0.5, 0.6) is 0 Å². The summed E-state index contributed by atoms with van der Waals surface area (Å²) in [6.07, 6.45) is 3.31. The van der Waals surface area contributed by atoms with E-state index in [1.807, 2.05) is 26.2 Å². The Morgan fingerprint density at radius 3 is 2.47 bits per heavy atom. The molecule has 0 aliphatic heterocycles. The number of hydrogen-bond donors (Lipinski definition) is 2.